The third-order valence-corrected chi connectivity index (χ3v) is 5.41. The lowest BCUT2D eigenvalue weighted by Crippen LogP contribution is -2.49. The van der Waals surface area contributed by atoms with Crippen LogP contribution >= 0.6 is 23.2 Å². The minimum Gasteiger partial charge on any atom is -0.368 e. The van der Waals surface area contributed by atoms with Crippen LogP contribution in [0.25, 0.3) is 5.65 Å². The van der Waals surface area contributed by atoms with Gasteiger partial charge in [-0.05, 0) is 30.7 Å². The normalized spacial score (nSPS) is 14.8. The Morgan fingerprint density at radius 2 is 1.81 bits per heavy atom. The fourth-order valence-corrected chi connectivity index (χ4v) is 3.87. The molecule has 0 saturated carbocycles. The molecule has 2 aromatic heterocycles. The third kappa shape index (κ3) is 3.49. The highest BCUT2D eigenvalue weighted by Gasteiger charge is 2.27. The number of aryl methyl sites for hydroxylation is 1. The van der Waals surface area contributed by atoms with Crippen molar-refractivity contribution in [1.29, 1.82) is 0 Å². The zero-order valence-electron chi connectivity index (χ0n) is 15.0. The second kappa shape index (κ2) is 7.41. The number of carbonyl (C=O) groups excluding carboxylic acids is 1. The van der Waals surface area contributed by atoms with E-state index in [-0.39, 0.29) is 5.91 Å². The maximum Gasteiger partial charge on any atom is 0.272 e. The SMILES string of the molecule is CCc1nc2cc(Cl)ccn2c1C(=O)N1CCN(c2cccc(Cl)c2)CC1. The highest BCUT2D eigenvalue weighted by molar-refractivity contribution is 6.31. The minimum absolute atomic E-state index is 0.0208. The van der Waals surface area contributed by atoms with Crippen LogP contribution in [0.5, 0.6) is 0 Å². The van der Waals surface area contributed by atoms with E-state index in [1.807, 2.05) is 46.7 Å². The van der Waals surface area contributed by atoms with Crippen molar-refractivity contribution in [2.24, 2.45) is 0 Å². The molecule has 3 heterocycles. The standard InChI is InChI=1S/C20H20Cl2N4O/c1-2-17-19(26-7-6-15(22)13-18(26)23-17)20(27)25-10-8-24(9-11-25)16-5-3-4-14(21)12-16/h3-7,12-13H,2,8-11H2,1H3. The van der Waals surface area contributed by atoms with Gasteiger partial charge in [0.15, 0.2) is 0 Å². The van der Waals surface area contributed by atoms with Crippen molar-refractivity contribution in [3.63, 3.8) is 0 Å². The topological polar surface area (TPSA) is 40.9 Å². The lowest BCUT2D eigenvalue weighted by atomic mass is 10.2. The van der Waals surface area contributed by atoms with Crippen LogP contribution < -0.4 is 4.90 Å². The van der Waals surface area contributed by atoms with Crippen molar-refractivity contribution in [2.75, 3.05) is 31.1 Å². The van der Waals surface area contributed by atoms with Gasteiger partial charge in [0.2, 0.25) is 0 Å². The Kier molecular flexibility index (Phi) is 4.98. The monoisotopic (exact) mass is 402 g/mol. The molecule has 1 saturated heterocycles. The first kappa shape index (κ1) is 18.1. The number of hydrogen-bond donors (Lipinski definition) is 0. The van der Waals surface area contributed by atoms with E-state index in [1.165, 1.54) is 0 Å². The zero-order valence-corrected chi connectivity index (χ0v) is 16.5. The lowest BCUT2D eigenvalue weighted by molar-refractivity contribution is 0.0738. The molecule has 1 fully saturated rings. The minimum atomic E-state index is 0.0208. The highest BCUT2D eigenvalue weighted by Crippen LogP contribution is 2.23. The number of imidazole rings is 1. The molecule has 0 atom stereocenters. The van der Waals surface area contributed by atoms with Gasteiger partial charge in [-0.2, -0.15) is 0 Å². The number of halogens is 2. The maximum absolute atomic E-state index is 13.2. The smallest absolute Gasteiger partial charge is 0.272 e. The molecule has 0 spiro atoms. The van der Waals surface area contributed by atoms with Gasteiger partial charge < -0.3 is 9.80 Å². The van der Waals surface area contributed by atoms with Crippen LogP contribution in [0, 0.1) is 0 Å². The Labute approximate surface area is 168 Å². The van der Waals surface area contributed by atoms with Crippen LogP contribution in [-0.2, 0) is 6.42 Å². The predicted octanol–water partition coefficient (Wildman–Crippen LogP) is 4.17. The Bertz CT molecular complexity index is 993. The number of hydrogen-bond acceptors (Lipinski definition) is 3. The molecule has 0 unspecified atom stereocenters. The Balaban J connectivity index is 1.55. The molecule has 1 amide bonds. The van der Waals surface area contributed by atoms with Gasteiger partial charge in [0, 0.05) is 54.2 Å². The van der Waals surface area contributed by atoms with Crippen molar-refractivity contribution >= 4 is 40.4 Å². The quantitative estimate of drug-likeness (QED) is 0.659. The first-order valence-corrected chi connectivity index (χ1v) is 9.78. The maximum atomic E-state index is 13.2. The van der Waals surface area contributed by atoms with Crippen LogP contribution in [0.15, 0.2) is 42.6 Å². The number of carbonyl (C=O) groups is 1. The van der Waals surface area contributed by atoms with Crippen molar-refractivity contribution in [2.45, 2.75) is 13.3 Å². The summed E-state index contributed by atoms with van der Waals surface area (Å²) in [6.07, 6.45) is 2.52. The number of pyridine rings is 1. The van der Waals surface area contributed by atoms with Gasteiger partial charge in [-0.3, -0.25) is 9.20 Å². The highest BCUT2D eigenvalue weighted by atomic mass is 35.5. The average molecular weight is 403 g/mol. The molecule has 0 bridgehead atoms. The summed E-state index contributed by atoms with van der Waals surface area (Å²) in [5.74, 6) is 0.0208. The molecule has 0 radical (unpaired) electrons. The zero-order chi connectivity index (χ0) is 19.0. The predicted molar refractivity (Wildman–Crippen MR) is 109 cm³/mol. The van der Waals surface area contributed by atoms with Crippen molar-refractivity contribution in [1.82, 2.24) is 14.3 Å². The first-order chi connectivity index (χ1) is 13.1. The van der Waals surface area contributed by atoms with Gasteiger partial charge in [-0.1, -0.05) is 36.2 Å². The van der Waals surface area contributed by atoms with E-state index in [1.54, 1.807) is 12.1 Å². The molecule has 5 nitrogen and oxygen atoms in total. The van der Waals surface area contributed by atoms with Crippen molar-refractivity contribution in [3.05, 3.63) is 64.0 Å². The van der Waals surface area contributed by atoms with Crippen LogP contribution in [-0.4, -0.2) is 46.4 Å². The summed E-state index contributed by atoms with van der Waals surface area (Å²) >= 11 is 12.2. The number of nitrogens with zero attached hydrogens (tertiary/aromatic N) is 4. The number of anilines is 1. The van der Waals surface area contributed by atoms with E-state index in [9.17, 15) is 4.79 Å². The molecule has 140 valence electrons. The summed E-state index contributed by atoms with van der Waals surface area (Å²) in [6.45, 7) is 4.88. The summed E-state index contributed by atoms with van der Waals surface area (Å²) in [7, 11) is 0. The Hall–Kier alpha value is -2.24. The first-order valence-electron chi connectivity index (χ1n) is 9.03. The Morgan fingerprint density at radius 3 is 2.52 bits per heavy atom. The fourth-order valence-electron chi connectivity index (χ4n) is 3.53. The molecule has 4 rings (SSSR count). The van der Waals surface area contributed by atoms with E-state index in [0.717, 1.165) is 29.5 Å². The molecular formula is C20H20Cl2N4O. The van der Waals surface area contributed by atoms with Crippen molar-refractivity contribution < 1.29 is 4.79 Å². The van der Waals surface area contributed by atoms with E-state index in [0.29, 0.717) is 35.9 Å². The average Bonchev–Trinajstić information content (AvgIpc) is 3.05. The summed E-state index contributed by atoms with van der Waals surface area (Å²) in [5, 5.41) is 1.34. The van der Waals surface area contributed by atoms with Crippen LogP contribution in [0.2, 0.25) is 10.0 Å². The third-order valence-electron chi connectivity index (χ3n) is 4.94. The largest absolute Gasteiger partial charge is 0.368 e. The molecule has 1 aliphatic heterocycles. The number of aromatic nitrogens is 2. The van der Waals surface area contributed by atoms with Gasteiger partial charge in [-0.15, -0.1) is 0 Å². The molecule has 1 aromatic carbocycles. The molecule has 3 aromatic rings. The van der Waals surface area contributed by atoms with Crippen LogP contribution in [0.3, 0.4) is 0 Å². The summed E-state index contributed by atoms with van der Waals surface area (Å²) in [5.41, 5.74) is 3.24. The van der Waals surface area contributed by atoms with E-state index in [2.05, 4.69) is 9.88 Å². The number of piperazine rings is 1. The van der Waals surface area contributed by atoms with Crippen LogP contribution in [0.1, 0.15) is 23.1 Å². The van der Waals surface area contributed by atoms with Gasteiger partial charge in [0.25, 0.3) is 5.91 Å². The molecule has 27 heavy (non-hydrogen) atoms. The van der Waals surface area contributed by atoms with Gasteiger partial charge in [0.1, 0.15) is 11.3 Å². The van der Waals surface area contributed by atoms with Gasteiger partial charge >= 0.3 is 0 Å². The number of amides is 1. The van der Waals surface area contributed by atoms with E-state index in [4.69, 9.17) is 23.2 Å². The molecular weight excluding hydrogens is 383 g/mol. The van der Waals surface area contributed by atoms with Crippen LogP contribution in [0.4, 0.5) is 5.69 Å². The molecule has 0 aliphatic carbocycles. The number of fused-ring (bicyclic) bond motifs is 1. The fraction of sp³-hybridized carbons (Fsp3) is 0.300. The number of benzene rings is 1. The number of rotatable bonds is 3. The molecule has 1 aliphatic rings. The second-order valence-electron chi connectivity index (χ2n) is 6.59. The second-order valence-corrected chi connectivity index (χ2v) is 7.47. The van der Waals surface area contributed by atoms with Gasteiger partial charge in [0.05, 0.1) is 5.69 Å². The summed E-state index contributed by atoms with van der Waals surface area (Å²) in [6, 6.07) is 11.4. The van der Waals surface area contributed by atoms with Crippen molar-refractivity contribution in [3.8, 4) is 0 Å². The lowest BCUT2D eigenvalue weighted by Gasteiger charge is -2.36. The van der Waals surface area contributed by atoms with E-state index < -0.39 is 0 Å². The molecule has 0 N–H and O–H groups in total. The Morgan fingerprint density at radius 1 is 1.07 bits per heavy atom. The van der Waals surface area contributed by atoms with Gasteiger partial charge in [-0.25, -0.2) is 4.98 Å². The van der Waals surface area contributed by atoms with E-state index >= 15 is 0 Å². The summed E-state index contributed by atoms with van der Waals surface area (Å²) in [4.78, 5) is 22.0. The summed E-state index contributed by atoms with van der Waals surface area (Å²) < 4.78 is 1.84. The molecule has 7 heteroatoms.